The van der Waals surface area contributed by atoms with E-state index in [1.807, 2.05) is 17.8 Å². The van der Waals surface area contributed by atoms with Crippen molar-refractivity contribution in [2.75, 3.05) is 0 Å². The molecule has 0 aliphatic heterocycles. The summed E-state index contributed by atoms with van der Waals surface area (Å²) < 4.78 is 0. The van der Waals surface area contributed by atoms with E-state index in [1.54, 1.807) is 0 Å². The van der Waals surface area contributed by atoms with Crippen LogP contribution in [0.1, 0.15) is 6.42 Å². The third kappa shape index (κ3) is 1.66. The summed E-state index contributed by atoms with van der Waals surface area (Å²) in [5, 5.41) is 0.706. The lowest BCUT2D eigenvalue weighted by Gasteiger charge is -1.95. The molecule has 1 fully saturated rings. The van der Waals surface area contributed by atoms with E-state index in [9.17, 15) is 0 Å². The summed E-state index contributed by atoms with van der Waals surface area (Å²) in [6.45, 7) is 3.92. The van der Waals surface area contributed by atoms with Crippen molar-refractivity contribution in [1.29, 1.82) is 0 Å². The highest BCUT2D eigenvalue weighted by molar-refractivity contribution is 8.00. The third-order valence-corrected chi connectivity index (χ3v) is 3.09. The van der Waals surface area contributed by atoms with Crippen LogP contribution in [0.15, 0.2) is 47.4 Å². The second-order valence-corrected chi connectivity index (χ2v) is 4.06. The van der Waals surface area contributed by atoms with Crippen LogP contribution in [-0.4, -0.2) is 5.25 Å². The lowest BCUT2D eigenvalue weighted by molar-refractivity contribution is 1.43. The Labute approximate surface area is 71.3 Å². The van der Waals surface area contributed by atoms with E-state index < -0.39 is 0 Å². The smallest absolute Gasteiger partial charge is 0.0339 e. The first kappa shape index (κ1) is 6.99. The van der Waals surface area contributed by atoms with E-state index >= 15 is 0 Å². The first-order chi connectivity index (χ1) is 5.36. The van der Waals surface area contributed by atoms with Gasteiger partial charge in [0.1, 0.15) is 0 Å². The molecule has 0 bridgehead atoms. The van der Waals surface area contributed by atoms with Gasteiger partial charge in [0.05, 0.1) is 0 Å². The first-order valence-corrected chi connectivity index (χ1v) is 4.63. The van der Waals surface area contributed by atoms with Crippen molar-refractivity contribution in [2.45, 2.75) is 16.6 Å². The van der Waals surface area contributed by atoms with E-state index in [-0.39, 0.29) is 0 Å². The Hall–Kier alpha value is -0.690. The summed E-state index contributed by atoms with van der Waals surface area (Å²) in [7, 11) is 0. The fourth-order valence-corrected chi connectivity index (χ4v) is 2.07. The predicted octanol–water partition coefficient (Wildman–Crippen LogP) is 3.11. The van der Waals surface area contributed by atoms with Gasteiger partial charge in [-0.1, -0.05) is 30.4 Å². The molecule has 1 heteroatoms. The zero-order valence-corrected chi connectivity index (χ0v) is 7.10. The Morgan fingerprint density at radius 3 is 2.45 bits per heavy atom. The monoisotopic (exact) mass is 162 g/mol. The second-order valence-electron chi connectivity index (χ2n) is 2.78. The molecule has 0 heterocycles. The minimum atomic E-state index is 0.706. The van der Waals surface area contributed by atoms with Crippen LogP contribution in [0.25, 0.3) is 0 Å². The Balaban J connectivity index is 2.02. The third-order valence-electron chi connectivity index (χ3n) is 1.76. The van der Waals surface area contributed by atoms with Crippen molar-refractivity contribution in [3.8, 4) is 0 Å². The fourth-order valence-electron chi connectivity index (χ4n) is 0.968. The highest BCUT2D eigenvalue weighted by Gasteiger charge is 2.27. The van der Waals surface area contributed by atoms with E-state index in [4.69, 9.17) is 0 Å². The van der Waals surface area contributed by atoms with Gasteiger partial charge in [0.2, 0.25) is 0 Å². The molecule has 0 spiro atoms. The molecule has 0 saturated heterocycles. The Morgan fingerprint density at radius 1 is 1.27 bits per heavy atom. The van der Waals surface area contributed by atoms with Gasteiger partial charge >= 0.3 is 0 Å². The number of hydrogen-bond donors (Lipinski definition) is 0. The van der Waals surface area contributed by atoms with Crippen molar-refractivity contribution < 1.29 is 0 Å². The van der Waals surface area contributed by atoms with Gasteiger partial charge < -0.3 is 0 Å². The summed E-state index contributed by atoms with van der Waals surface area (Å²) in [4.78, 5) is 1.36. The van der Waals surface area contributed by atoms with Crippen LogP contribution in [0.4, 0.5) is 0 Å². The van der Waals surface area contributed by atoms with Gasteiger partial charge in [0, 0.05) is 10.1 Å². The van der Waals surface area contributed by atoms with Crippen LogP contribution < -0.4 is 0 Å². The average molecular weight is 162 g/mol. The normalized spacial score (nSPS) is 21.8. The molecule has 1 aromatic rings. The molecule has 1 aromatic carbocycles. The molecule has 2 rings (SSSR count). The van der Waals surface area contributed by atoms with Gasteiger partial charge in [-0.3, -0.25) is 0 Å². The topological polar surface area (TPSA) is 0 Å². The van der Waals surface area contributed by atoms with Crippen LogP contribution in [0.5, 0.6) is 0 Å². The van der Waals surface area contributed by atoms with Crippen molar-refractivity contribution >= 4 is 11.8 Å². The summed E-state index contributed by atoms with van der Waals surface area (Å²) >= 11 is 1.92. The van der Waals surface area contributed by atoms with Crippen LogP contribution in [0.3, 0.4) is 0 Å². The SMILES string of the molecule is C=C1CC1Sc1ccccc1. The largest absolute Gasteiger partial charge is 0.118 e. The number of hydrogen-bond acceptors (Lipinski definition) is 1. The first-order valence-electron chi connectivity index (χ1n) is 3.75. The van der Waals surface area contributed by atoms with Gasteiger partial charge in [0.25, 0.3) is 0 Å². The molecular formula is C10H10S. The molecule has 1 aliphatic carbocycles. The van der Waals surface area contributed by atoms with Crippen LogP contribution in [0, 0.1) is 0 Å². The quantitative estimate of drug-likeness (QED) is 0.602. The summed E-state index contributed by atoms with van der Waals surface area (Å²) in [6.07, 6.45) is 1.21. The van der Waals surface area contributed by atoms with Crippen LogP contribution >= 0.6 is 11.8 Å². The minimum absolute atomic E-state index is 0.706. The van der Waals surface area contributed by atoms with E-state index in [2.05, 4.69) is 30.8 Å². The Morgan fingerprint density at radius 2 is 1.91 bits per heavy atom. The minimum Gasteiger partial charge on any atom is -0.118 e. The maximum atomic E-state index is 3.92. The summed E-state index contributed by atoms with van der Waals surface area (Å²) in [5.41, 5.74) is 1.39. The van der Waals surface area contributed by atoms with Crippen molar-refractivity contribution in [2.24, 2.45) is 0 Å². The molecule has 1 aliphatic rings. The van der Waals surface area contributed by atoms with Gasteiger partial charge in [-0.15, -0.1) is 11.8 Å². The lowest BCUT2D eigenvalue weighted by Crippen LogP contribution is -1.73. The maximum Gasteiger partial charge on any atom is 0.0339 e. The molecule has 0 nitrogen and oxygen atoms in total. The number of thioether (sulfide) groups is 1. The predicted molar refractivity (Wildman–Crippen MR) is 49.8 cm³/mol. The average Bonchev–Trinajstić information content (AvgIpc) is 2.69. The molecule has 0 N–H and O–H groups in total. The Bertz CT molecular complexity index is 263. The maximum absolute atomic E-state index is 3.92. The number of rotatable bonds is 2. The summed E-state index contributed by atoms with van der Waals surface area (Å²) in [5.74, 6) is 0. The zero-order chi connectivity index (χ0) is 7.68. The second kappa shape index (κ2) is 2.74. The van der Waals surface area contributed by atoms with Crippen LogP contribution in [0.2, 0.25) is 0 Å². The number of benzene rings is 1. The fraction of sp³-hybridized carbons (Fsp3) is 0.200. The van der Waals surface area contributed by atoms with E-state index in [0.717, 1.165) is 0 Å². The highest BCUT2D eigenvalue weighted by atomic mass is 32.2. The zero-order valence-electron chi connectivity index (χ0n) is 6.29. The van der Waals surface area contributed by atoms with Crippen molar-refractivity contribution in [3.63, 3.8) is 0 Å². The molecule has 0 aromatic heterocycles. The molecular weight excluding hydrogens is 152 g/mol. The molecule has 0 radical (unpaired) electrons. The molecule has 11 heavy (non-hydrogen) atoms. The molecule has 1 unspecified atom stereocenters. The molecule has 56 valence electrons. The van der Waals surface area contributed by atoms with Crippen LogP contribution in [-0.2, 0) is 0 Å². The van der Waals surface area contributed by atoms with Gasteiger partial charge in [0.15, 0.2) is 0 Å². The Kier molecular flexibility index (Phi) is 1.74. The molecule has 0 amide bonds. The van der Waals surface area contributed by atoms with E-state index in [1.165, 1.54) is 16.9 Å². The standard InChI is InChI=1S/C10H10S/c1-8-7-10(8)11-9-5-3-2-4-6-9/h2-6,10H,1,7H2. The molecule has 1 saturated carbocycles. The van der Waals surface area contributed by atoms with Crippen molar-refractivity contribution in [1.82, 2.24) is 0 Å². The van der Waals surface area contributed by atoms with Gasteiger partial charge in [-0.2, -0.15) is 0 Å². The highest BCUT2D eigenvalue weighted by Crippen LogP contribution is 2.43. The summed E-state index contributed by atoms with van der Waals surface area (Å²) in [6, 6.07) is 10.5. The van der Waals surface area contributed by atoms with Gasteiger partial charge in [-0.25, -0.2) is 0 Å². The van der Waals surface area contributed by atoms with Gasteiger partial charge in [-0.05, 0) is 18.6 Å². The van der Waals surface area contributed by atoms with E-state index in [0.29, 0.717) is 5.25 Å². The van der Waals surface area contributed by atoms with Crippen molar-refractivity contribution in [3.05, 3.63) is 42.5 Å². The lowest BCUT2D eigenvalue weighted by atomic mass is 10.4. The molecule has 1 atom stereocenters.